The lowest BCUT2D eigenvalue weighted by molar-refractivity contribution is 0.756. The van der Waals surface area contributed by atoms with Crippen molar-refractivity contribution in [1.29, 1.82) is 0 Å². The molecule has 15 heavy (non-hydrogen) atoms. The first-order valence-corrected chi connectivity index (χ1v) is 5.23. The molecule has 0 bridgehead atoms. The highest BCUT2D eigenvalue weighted by Crippen LogP contribution is 2.13. The van der Waals surface area contributed by atoms with Gasteiger partial charge in [0, 0.05) is 29.8 Å². The second-order valence-electron chi connectivity index (χ2n) is 3.52. The van der Waals surface area contributed by atoms with Crippen molar-refractivity contribution >= 4 is 22.5 Å². The maximum Gasteiger partial charge on any atom is 0.0457 e. The third-order valence-electron chi connectivity index (χ3n) is 2.27. The van der Waals surface area contributed by atoms with Crippen molar-refractivity contribution in [3.05, 3.63) is 47.6 Å². The van der Waals surface area contributed by atoms with Crippen LogP contribution in [-0.4, -0.2) is 11.5 Å². The molecule has 0 unspecified atom stereocenters. The molecule has 2 rings (SSSR count). The third kappa shape index (κ3) is 2.61. The predicted molar refractivity (Wildman–Crippen MR) is 65.0 cm³/mol. The lowest BCUT2D eigenvalue weighted by Gasteiger charge is -2.03. The van der Waals surface area contributed by atoms with Gasteiger partial charge in [0.2, 0.25) is 0 Å². The molecular weight excluding hydrogens is 208 g/mol. The summed E-state index contributed by atoms with van der Waals surface area (Å²) in [7, 11) is 0. The summed E-state index contributed by atoms with van der Waals surface area (Å²) >= 11 is 5.66. The number of hydrogen-bond acceptors (Lipinski definition) is 1. The second kappa shape index (κ2) is 4.51. The number of benzene rings is 1. The van der Waals surface area contributed by atoms with Crippen molar-refractivity contribution in [2.45, 2.75) is 6.54 Å². The minimum Gasteiger partial charge on any atom is -0.361 e. The van der Waals surface area contributed by atoms with Crippen LogP contribution in [0, 0.1) is 0 Å². The van der Waals surface area contributed by atoms with Gasteiger partial charge in [-0.1, -0.05) is 30.3 Å². The molecule has 0 aliphatic carbocycles. The van der Waals surface area contributed by atoms with Crippen molar-refractivity contribution in [2.75, 3.05) is 6.54 Å². The van der Waals surface area contributed by atoms with Crippen molar-refractivity contribution in [3.63, 3.8) is 0 Å². The molecule has 0 fully saturated rings. The lowest BCUT2D eigenvalue weighted by atomic mass is 10.1. The van der Waals surface area contributed by atoms with E-state index in [1.54, 1.807) is 0 Å². The van der Waals surface area contributed by atoms with Crippen molar-refractivity contribution in [1.82, 2.24) is 10.3 Å². The van der Waals surface area contributed by atoms with Crippen LogP contribution in [0.3, 0.4) is 0 Å². The Morgan fingerprint density at radius 1 is 1.40 bits per heavy atom. The van der Waals surface area contributed by atoms with Gasteiger partial charge in [0.1, 0.15) is 0 Å². The second-order valence-corrected chi connectivity index (χ2v) is 4.05. The van der Waals surface area contributed by atoms with Gasteiger partial charge in [-0.25, -0.2) is 0 Å². The Balaban J connectivity index is 2.04. The van der Waals surface area contributed by atoms with Gasteiger partial charge >= 0.3 is 0 Å². The number of halogens is 1. The smallest absolute Gasteiger partial charge is 0.0457 e. The zero-order valence-electron chi connectivity index (χ0n) is 8.39. The fourth-order valence-electron chi connectivity index (χ4n) is 1.55. The van der Waals surface area contributed by atoms with E-state index in [1.807, 2.05) is 6.20 Å². The molecule has 0 saturated carbocycles. The van der Waals surface area contributed by atoms with E-state index in [-0.39, 0.29) is 0 Å². The van der Waals surface area contributed by atoms with E-state index in [2.05, 4.69) is 41.1 Å². The zero-order chi connectivity index (χ0) is 10.7. The monoisotopic (exact) mass is 220 g/mol. The van der Waals surface area contributed by atoms with E-state index < -0.39 is 0 Å². The Labute approximate surface area is 93.9 Å². The summed E-state index contributed by atoms with van der Waals surface area (Å²) in [6.45, 7) is 5.07. The summed E-state index contributed by atoms with van der Waals surface area (Å²) < 4.78 is 0. The molecule has 2 nitrogen and oxygen atoms in total. The largest absolute Gasteiger partial charge is 0.361 e. The van der Waals surface area contributed by atoms with Gasteiger partial charge in [-0.05, 0) is 23.1 Å². The number of H-pyrrole nitrogens is 1. The van der Waals surface area contributed by atoms with Gasteiger partial charge in [-0.3, -0.25) is 0 Å². The molecule has 2 N–H and O–H groups in total. The summed E-state index contributed by atoms with van der Waals surface area (Å²) in [6, 6.07) is 8.42. The number of aromatic nitrogens is 1. The molecule has 3 heteroatoms. The Morgan fingerprint density at radius 2 is 2.27 bits per heavy atom. The molecule has 78 valence electrons. The summed E-state index contributed by atoms with van der Waals surface area (Å²) in [4.78, 5) is 3.19. The van der Waals surface area contributed by atoms with Crippen LogP contribution in [-0.2, 0) is 6.54 Å². The van der Waals surface area contributed by atoms with E-state index in [0.717, 1.165) is 6.54 Å². The maximum absolute atomic E-state index is 5.66. The minimum atomic E-state index is 0.635. The summed E-state index contributed by atoms with van der Waals surface area (Å²) in [5.74, 6) is 0. The molecule has 0 aliphatic rings. The van der Waals surface area contributed by atoms with Crippen LogP contribution in [0.25, 0.3) is 10.9 Å². The molecule has 0 saturated heterocycles. The highest BCUT2D eigenvalue weighted by Gasteiger charge is 1.97. The van der Waals surface area contributed by atoms with Crippen LogP contribution in [0.5, 0.6) is 0 Å². The van der Waals surface area contributed by atoms with Gasteiger partial charge in [0.05, 0.1) is 0 Å². The quantitative estimate of drug-likeness (QED) is 0.815. The standard InChI is InChI=1S/C12H13ClN2/c1-9(13)7-14-8-10-2-3-11-4-5-15-12(11)6-10/h2-6,14-15H,1,7-8H2. The molecule has 0 amide bonds. The minimum absolute atomic E-state index is 0.635. The molecule has 0 radical (unpaired) electrons. The zero-order valence-corrected chi connectivity index (χ0v) is 9.14. The van der Waals surface area contributed by atoms with Crippen LogP contribution in [0.4, 0.5) is 0 Å². The number of nitrogens with one attached hydrogen (secondary N) is 2. The van der Waals surface area contributed by atoms with Crippen LogP contribution in [0.1, 0.15) is 5.56 Å². The highest BCUT2D eigenvalue weighted by molar-refractivity contribution is 6.29. The van der Waals surface area contributed by atoms with E-state index in [0.29, 0.717) is 11.6 Å². The molecule has 1 heterocycles. The first-order valence-electron chi connectivity index (χ1n) is 4.86. The van der Waals surface area contributed by atoms with Crippen molar-refractivity contribution in [2.24, 2.45) is 0 Å². The van der Waals surface area contributed by atoms with Gasteiger partial charge in [-0.2, -0.15) is 0 Å². The number of aromatic amines is 1. The third-order valence-corrected chi connectivity index (χ3v) is 2.40. The Hall–Kier alpha value is -1.25. The average Bonchev–Trinajstić information content (AvgIpc) is 2.64. The first kappa shape index (κ1) is 10.3. The molecule has 0 spiro atoms. The SMILES string of the molecule is C=C(Cl)CNCc1ccc2cc[nH]c2c1. The summed E-state index contributed by atoms with van der Waals surface area (Å²) in [6.07, 6.45) is 1.95. The fraction of sp³-hybridized carbons (Fsp3) is 0.167. The van der Waals surface area contributed by atoms with E-state index in [4.69, 9.17) is 11.6 Å². The molecule has 1 aromatic heterocycles. The topological polar surface area (TPSA) is 27.8 Å². The maximum atomic E-state index is 5.66. The fourth-order valence-corrected chi connectivity index (χ4v) is 1.64. The van der Waals surface area contributed by atoms with Gasteiger partial charge < -0.3 is 10.3 Å². The summed E-state index contributed by atoms with van der Waals surface area (Å²) in [5, 5.41) is 5.08. The van der Waals surface area contributed by atoms with E-state index >= 15 is 0 Å². The van der Waals surface area contributed by atoms with Crippen LogP contribution in [0.2, 0.25) is 0 Å². The molecule has 0 aliphatic heterocycles. The Kier molecular flexibility index (Phi) is 3.09. The van der Waals surface area contributed by atoms with Crippen molar-refractivity contribution < 1.29 is 0 Å². The predicted octanol–water partition coefficient (Wildman–Crippen LogP) is 3.01. The molecule has 2 aromatic rings. The Bertz CT molecular complexity index is 473. The first-order chi connectivity index (χ1) is 7.25. The molecule has 0 atom stereocenters. The van der Waals surface area contributed by atoms with Crippen LogP contribution in [0.15, 0.2) is 42.1 Å². The highest BCUT2D eigenvalue weighted by atomic mass is 35.5. The van der Waals surface area contributed by atoms with Crippen LogP contribution >= 0.6 is 11.6 Å². The van der Waals surface area contributed by atoms with E-state index in [9.17, 15) is 0 Å². The summed E-state index contributed by atoms with van der Waals surface area (Å²) in [5.41, 5.74) is 2.40. The average molecular weight is 221 g/mol. The number of fused-ring (bicyclic) bond motifs is 1. The van der Waals surface area contributed by atoms with Gasteiger partial charge in [0.25, 0.3) is 0 Å². The Morgan fingerprint density at radius 3 is 3.07 bits per heavy atom. The molecular formula is C12H13ClN2. The lowest BCUT2D eigenvalue weighted by Crippen LogP contribution is -2.14. The van der Waals surface area contributed by atoms with Crippen LogP contribution < -0.4 is 5.32 Å². The number of rotatable bonds is 4. The molecule has 1 aromatic carbocycles. The van der Waals surface area contributed by atoms with E-state index in [1.165, 1.54) is 16.5 Å². The normalized spacial score (nSPS) is 10.7. The van der Waals surface area contributed by atoms with Gasteiger partial charge in [0.15, 0.2) is 0 Å². The van der Waals surface area contributed by atoms with Gasteiger partial charge in [-0.15, -0.1) is 0 Å². The van der Waals surface area contributed by atoms with Crippen molar-refractivity contribution in [3.8, 4) is 0 Å². The number of hydrogen-bond donors (Lipinski definition) is 2.